The number of amides is 1. The van der Waals surface area contributed by atoms with Gasteiger partial charge >= 0.3 is 0 Å². The van der Waals surface area contributed by atoms with Crippen LogP contribution in [-0.2, 0) is 6.54 Å². The van der Waals surface area contributed by atoms with Gasteiger partial charge in [0.2, 0.25) is 0 Å². The first kappa shape index (κ1) is 17.9. The zero-order valence-electron chi connectivity index (χ0n) is 15.0. The molecule has 0 N–H and O–H groups in total. The van der Waals surface area contributed by atoms with E-state index >= 15 is 0 Å². The van der Waals surface area contributed by atoms with Crippen LogP contribution in [-0.4, -0.2) is 27.1 Å². The van der Waals surface area contributed by atoms with Crippen LogP contribution < -0.4 is 0 Å². The number of nitrogens with zero attached hydrogens (tertiary/aromatic N) is 3. The summed E-state index contributed by atoms with van der Waals surface area (Å²) in [6.07, 6.45) is 0. The molecule has 0 aliphatic carbocycles. The molecule has 0 aliphatic rings. The Morgan fingerprint density at radius 2 is 2.04 bits per heavy atom. The van der Waals surface area contributed by atoms with Crippen molar-refractivity contribution in [2.24, 2.45) is 0 Å². The van der Waals surface area contributed by atoms with E-state index < -0.39 is 0 Å². The highest BCUT2D eigenvalue weighted by Crippen LogP contribution is 2.31. The van der Waals surface area contributed by atoms with Crippen molar-refractivity contribution in [2.45, 2.75) is 20.4 Å². The molecule has 0 spiro atoms. The van der Waals surface area contributed by atoms with Crippen LogP contribution in [0.25, 0.3) is 15.9 Å². The van der Waals surface area contributed by atoms with Crippen molar-refractivity contribution in [3.8, 4) is 5.69 Å². The first-order valence-electron chi connectivity index (χ1n) is 8.63. The van der Waals surface area contributed by atoms with Crippen molar-refractivity contribution in [1.29, 1.82) is 0 Å². The molecule has 4 aromatic rings. The molecule has 27 heavy (non-hydrogen) atoms. The fourth-order valence-corrected chi connectivity index (χ4v) is 4.85. The lowest BCUT2D eigenvalue weighted by molar-refractivity contribution is 0.0759. The second-order valence-corrected chi connectivity index (χ2v) is 8.26. The van der Waals surface area contributed by atoms with Crippen molar-refractivity contribution in [1.82, 2.24) is 14.7 Å². The van der Waals surface area contributed by atoms with E-state index in [1.807, 2.05) is 42.3 Å². The summed E-state index contributed by atoms with van der Waals surface area (Å²) in [6.45, 7) is 5.18. The third-order valence-electron chi connectivity index (χ3n) is 4.42. The van der Waals surface area contributed by atoms with Crippen LogP contribution in [0, 0.1) is 12.7 Å². The van der Waals surface area contributed by atoms with E-state index in [9.17, 15) is 9.18 Å². The summed E-state index contributed by atoms with van der Waals surface area (Å²) in [6, 6.07) is 12.2. The van der Waals surface area contributed by atoms with E-state index in [4.69, 9.17) is 0 Å². The van der Waals surface area contributed by atoms with Crippen LogP contribution in [0.4, 0.5) is 4.39 Å². The molecule has 3 heterocycles. The van der Waals surface area contributed by atoms with E-state index in [2.05, 4.69) is 5.10 Å². The van der Waals surface area contributed by atoms with E-state index in [0.717, 1.165) is 21.6 Å². The van der Waals surface area contributed by atoms with Gasteiger partial charge in [-0.1, -0.05) is 6.07 Å². The summed E-state index contributed by atoms with van der Waals surface area (Å²) in [7, 11) is 0. The molecule has 0 atom stereocenters. The van der Waals surface area contributed by atoms with Gasteiger partial charge in [-0.05, 0) is 55.6 Å². The van der Waals surface area contributed by atoms with Crippen LogP contribution in [0.5, 0.6) is 0 Å². The van der Waals surface area contributed by atoms with Gasteiger partial charge in [-0.15, -0.1) is 22.7 Å². The number of halogens is 1. The molecule has 0 fully saturated rings. The summed E-state index contributed by atoms with van der Waals surface area (Å²) in [5.74, 6) is -0.259. The fraction of sp³-hybridized carbons (Fsp3) is 0.200. The van der Waals surface area contributed by atoms with E-state index in [-0.39, 0.29) is 11.7 Å². The number of benzene rings is 1. The lowest BCUT2D eigenvalue weighted by atomic mass is 10.3. The molecule has 1 amide bonds. The highest BCUT2D eigenvalue weighted by Gasteiger charge is 2.21. The second-order valence-electron chi connectivity index (χ2n) is 6.20. The zero-order valence-corrected chi connectivity index (χ0v) is 16.6. The van der Waals surface area contributed by atoms with Gasteiger partial charge < -0.3 is 4.90 Å². The molecule has 4 nitrogen and oxygen atoms in total. The largest absolute Gasteiger partial charge is 0.333 e. The van der Waals surface area contributed by atoms with Crippen LogP contribution in [0.3, 0.4) is 0 Å². The maximum Gasteiger partial charge on any atom is 0.264 e. The number of hydrogen-bond acceptors (Lipinski definition) is 4. The third-order valence-corrected chi connectivity index (χ3v) is 6.38. The molecule has 0 aliphatic heterocycles. The number of carbonyl (C=O) groups excluding carboxylic acids is 1. The molecule has 3 aromatic heterocycles. The van der Waals surface area contributed by atoms with Crippen molar-refractivity contribution >= 4 is 38.8 Å². The van der Waals surface area contributed by atoms with Gasteiger partial charge in [0.15, 0.2) is 0 Å². The topological polar surface area (TPSA) is 38.1 Å². The Balaban J connectivity index is 1.69. The van der Waals surface area contributed by atoms with Crippen LogP contribution >= 0.6 is 22.7 Å². The number of rotatable bonds is 5. The van der Waals surface area contributed by atoms with Gasteiger partial charge in [-0.25, -0.2) is 9.07 Å². The Bertz CT molecular complexity index is 1080. The molecule has 0 radical (unpaired) electrons. The molecule has 4 rings (SSSR count). The number of hydrogen-bond donors (Lipinski definition) is 0. The number of aromatic nitrogens is 2. The molecular weight excluding hydrogens is 381 g/mol. The first-order chi connectivity index (χ1) is 13.1. The van der Waals surface area contributed by atoms with Crippen molar-refractivity contribution in [2.75, 3.05) is 6.54 Å². The standard InChI is InChI=1S/C20H18FN3OS2/c1-3-23(12-16-5-4-10-26-16)19(25)18-11-17-13(2)22-24(20(17)27-18)15-8-6-14(21)7-9-15/h4-11H,3,12H2,1-2H3. The highest BCUT2D eigenvalue weighted by atomic mass is 32.1. The molecule has 0 bridgehead atoms. The van der Waals surface area contributed by atoms with Gasteiger partial charge in [-0.3, -0.25) is 4.79 Å². The second kappa shape index (κ2) is 7.25. The minimum Gasteiger partial charge on any atom is -0.333 e. The molecule has 0 unspecified atom stereocenters. The van der Waals surface area contributed by atoms with Crippen LogP contribution in [0.2, 0.25) is 0 Å². The van der Waals surface area contributed by atoms with Crippen LogP contribution in [0.1, 0.15) is 27.2 Å². The Morgan fingerprint density at radius 1 is 1.26 bits per heavy atom. The number of carbonyl (C=O) groups is 1. The van der Waals surface area contributed by atoms with E-state index in [1.54, 1.807) is 28.2 Å². The number of aryl methyl sites for hydroxylation is 1. The lowest BCUT2D eigenvalue weighted by Crippen LogP contribution is -2.29. The summed E-state index contributed by atoms with van der Waals surface area (Å²) >= 11 is 3.08. The quantitative estimate of drug-likeness (QED) is 0.459. The van der Waals surface area contributed by atoms with Gasteiger partial charge in [0.25, 0.3) is 5.91 Å². The lowest BCUT2D eigenvalue weighted by Gasteiger charge is -2.19. The smallest absolute Gasteiger partial charge is 0.264 e. The first-order valence-corrected chi connectivity index (χ1v) is 10.3. The Kier molecular flexibility index (Phi) is 4.80. The van der Waals surface area contributed by atoms with Crippen molar-refractivity contribution in [3.05, 3.63) is 69.1 Å². The molecule has 0 saturated carbocycles. The number of fused-ring (bicyclic) bond motifs is 1. The van der Waals surface area contributed by atoms with Gasteiger partial charge in [0.1, 0.15) is 10.6 Å². The maximum atomic E-state index is 13.2. The minimum atomic E-state index is -0.284. The van der Waals surface area contributed by atoms with E-state index in [0.29, 0.717) is 18.0 Å². The van der Waals surface area contributed by atoms with Gasteiger partial charge in [0.05, 0.1) is 22.8 Å². The average molecular weight is 400 g/mol. The van der Waals surface area contributed by atoms with Gasteiger partial charge in [0, 0.05) is 16.8 Å². The fourth-order valence-electron chi connectivity index (χ4n) is 2.98. The Morgan fingerprint density at radius 3 is 2.70 bits per heavy atom. The summed E-state index contributed by atoms with van der Waals surface area (Å²) < 4.78 is 15.0. The number of thiophene rings is 2. The Labute approximate surface area is 164 Å². The SMILES string of the molecule is CCN(Cc1cccs1)C(=O)c1cc2c(C)nn(-c3ccc(F)cc3)c2s1. The molecule has 1 aromatic carbocycles. The normalized spacial score (nSPS) is 11.2. The Hall–Kier alpha value is -2.51. The van der Waals surface area contributed by atoms with Crippen molar-refractivity contribution < 1.29 is 9.18 Å². The molecule has 7 heteroatoms. The predicted octanol–water partition coefficient (Wildman–Crippen LogP) is 5.26. The molecule has 0 saturated heterocycles. The minimum absolute atomic E-state index is 0.0251. The van der Waals surface area contributed by atoms with Gasteiger partial charge in [-0.2, -0.15) is 5.10 Å². The summed E-state index contributed by atoms with van der Waals surface area (Å²) in [5, 5.41) is 7.54. The molecule has 138 valence electrons. The molecular formula is C20H18FN3OS2. The highest BCUT2D eigenvalue weighted by molar-refractivity contribution is 7.20. The summed E-state index contributed by atoms with van der Waals surface area (Å²) in [5.41, 5.74) is 1.63. The average Bonchev–Trinajstić information content (AvgIpc) is 3.39. The van der Waals surface area contributed by atoms with Crippen LogP contribution in [0.15, 0.2) is 47.8 Å². The maximum absolute atomic E-state index is 13.2. The summed E-state index contributed by atoms with van der Waals surface area (Å²) in [4.78, 5) is 17.6. The van der Waals surface area contributed by atoms with E-state index in [1.165, 1.54) is 28.3 Å². The zero-order chi connectivity index (χ0) is 19.0. The predicted molar refractivity (Wildman–Crippen MR) is 108 cm³/mol. The monoisotopic (exact) mass is 399 g/mol. The third kappa shape index (κ3) is 3.40. The van der Waals surface area contributed by atoms with Crippen molar-refractivity contribution in [3.63, 3.8) is 0 Å².